The van der Waals surface area contributed by atoms with Gasteiger partial charge in [0, 0.05) is 12.3 Å². The number of carbonyl (C=O) groups is 3. The highest BCUT2D eigenvalue weighted by atomic mass is 16.5. The molecule has 1 aromatic heterocycles. The fourth-order valence-corrected chi connectivity index (χ4v) is 2.37. The van der Waals surface area contributed by atoms with E-state index in [4.69, 9.17) is 9.15 Å². The molecule has 0 radical (unpaired) electrons. The maximum absolute atomic E-state index is 12.6. The molecule has 1 atom stereocenters. The van der Waals surface area contributed by atoms with Gasteiger partial charge in [0.2, 0.25) is 5.91 Å². The van der Waals surface area contributed by atoms with E-state index in [-0.39, 0.29) is 6.54 Å². The number of furan rings is 1. The third kappa shape index (κ3) is 3.42. The van der Waals surface area contributed by atoms with Gasteiger partial charge in [-0.3, -0.25) is 19.9 Å². The number of rotatable bonds is 5. The Kier molecular flexibility index (Phi) is 4.60. The summed E-state index contributed by atoms with van der Waals surface area (Å²) in [5, 5.41) is 2.16. The number of ether oxygens (including phenoxy) is 1. The van der Waals surface area contributed by atoms with Crippen molar-refractivity contribution in [3.63, 3.8) is 0 Å². The number of imide groups is 2. The van der Waals surface area contributed by atoms with Gasteiger partial charge in [0.1, 0.15) is 11.5 Å². The molecule has 0 bridgehead atoms. The highest BCUT2D eigenvalue weighted by molar-refractivity contribution is 6.32. The van der Waals surface area contributed by atoms with E-state index in [1.807, 2.05) is 0 Å². The Balaban J connectivity index is 1.82. The zero-order chi connectivity index (χ0) is 17.8. The van der Waals surface area contributed by atoms with Crippen LogP contribution in [0.3, 0.4) is 0 Å². The average molecular weight is 341 g/mol. The predicted octanol–water partition coefficient (Wildman–Crippen LogP) is 1.76. The number of nitrogens with one attached hydrogen (secondary N) is 1. The number of urea groups is 1. The van der Waals surface area contributed by atoms with E-state index in [1.165, 1.54) is 25.7 Å². The van der Waals surface area contributed by atoms with Crippen molar-refractivity contribution in [2.45, 2.75) is 6.54 Å². The highest BCUT2D eigenvalue weighted by Gasteiger charge is 2.40. The van der Waals surface area contributed by atoms with Gasteiger partial charge in [-0.05, 0) is 24.3 Å². The van der Waals surface area contributed by atoms with Gasteiger partial charge in [-0.15, -0.1) is 0 Å². The number of benzene rings is 1. The van der Waals surface area contributed by atoms with Crippen LogP contribution in [0, 0.1) is 5.92 Å². The molecule has 1 aromatic carbocycles. The van der Waals surface area contributed by atoms with Gasteiger partial charge < -0.3 is 9.15 Å². The number of hydrogen-bond acceptors (Lipinski definition) is 6. The van der Waals surface area contributed by atoms with E-state index >= 15 is 0 Å². The second-order valence-corrected chi connectivity index (χ2v) is 5.22. The van der Waals surface area contributed by atoms with Crippen LogP contribution in [0.2, 0.25) is 0 Å². The number of anilines is 1. The maximum atomic E-state index is 12.6. The standard InChI is InChI=1S/C17H15N3O5/c1-24-12-5-2-4-11(8-12)20-16(22)14(15(21)19-17(20)23)10-18-9-13-6-3-7-25-13/h2-8,10,14H,9H2,1H3,(H,19,21,23)/t14-/m1/s1. The summed E-state index contributed by atoms with van der Waals surface area (Å²) in [6.07, 6.45) is 2.73. The van der Waals surface area contributed by atoms with E-state index in [2.05, 4.69) is 10.3 Å². The number of barbiturate groups is 1. The van der Waals surface area contributed by atoms with Crippen LogP contribution < -0.4 is 15.0 Å². The molecule has 0 aliphatic carbocycles. The summed E-state index contributed by atoms with van der Waals surface area (Å²) < 4.78 is 10.2. The minimum Gasteiger partial charge on any atom is -0.497 e. The normalized spacial score (nSPS) is 17.9. The van der Waals surface area contributed by atoms with Crippen LogP contribution in [-0.4, -0.2) is 31.2 Å². The quantitative estimate of drug-likeness (QED) is 0.659. The van der Waals surface area contributed by atoms with Crippen LogP contribution in [-0.2, 0) is 16.1 Å². The van der Waals surface area contributed by atoms with E-state index in [1.54, 1.807) is 30.3 Å². The molecule has 128 valence electrons. The molecule has 25 heavy (non-hydrogen) atoms. The summed E-state index contributed by atoms with van der Waals surface area (Å²) in [5.74, 6) is -1.50. The van der Waals surface area contributed by atoms with Crippen molar-refractivity contribution in [1.29, 1.82) is 0 Å². The van der Waals surface area contributed by atoms with Gasteiger partial charge in [-0.25, -0.2) is 9.69 Å². The Morgan fingerprint density at radius 2 is 2.12 bits per heavy atom. The first kappa shape index (κ1) is 16.4. The molecule has 8 nitrogen and oxygen atoms in total. The lowest BCUT2D eigenvalue weighted by molar-refractivity contribution is -0.131. The molecule has 0 spiro atoms. The lowest BCUT2D eigenvalue weighted by Gasteiger charge is -2.28. The summed E-state index contributed by atoms with van der Waals surface area (Å²) >= 11 is 0. The van der Waals surface area contributed by atoms with Crippen LogP contribution in [0.25, 0.3) is 0 Å². The van der Waals surface area contributed by atoms with Crippen LogP contribution in [0.4, 0.5) is 10.5 Å². The molecular weight excluding hydrogens is 326 g/mol. The predicted molar refractivity (Wildman–Crippen MR) is 88.4 cm³/mol. The molecule has 1 N–H and O–H groups in total. The van der Waals surface area contributed by atoms with Crippen LogP contribution in [0.5, 0.6) is 5.75 Å². The largest absolute Gasteiger partial charge is 0.497 e. The summed E-state index contributed by atoms with van der Waals surface area (Å²) in [6, 6.07) is 9.07. The number of methoxy groups -OCH3 is 1. The average Bonchev–Trinajstić information content (AvgIpc) is 3.11. The Morgan fingerprint density at radius 1 is 1.28 bits per heavy atom. The summed E-state index contributed by atoms with van der Waals surface area (Å²) in [6.45, 7) is 0.192. The van der Waals surface area contributed by atoms with Gasteiger partial charge in [-0.1, -0.05) is 6.07 Å². The van der Waals surface area contributed by atoms with Gasteiger partial charge in [0.05, 0.1) is 25.6 Å². The monoisotopic (exact) mass is 341 g/mol. The Morgan fingerprint density at radius 3 is 2.84 bits per heavy atom. The van der Waals surface area contributed by atoms with Crippen molar-refractivity contribution in [3.8, 4) is 5.75 Å². The Bertz CT molecular complexity index is 829. The molecule has 8 heteroatoms. The van der Waals surface area contributed by atoms with Crippen molar-refractivity contribution >= 4 is 29.7 Å². The third-order valence-corrected chi connectivity index (χ3v) is 3.60. The first-order valence-corrected chi connectivity index (χ1v) is 7.45. The zero-order valence-electron chi connectivity index (χ0n) is 13.3. The second kappa shape index (κ2) is 7.00. The van der Waals surface area contributed by atoms with E-state index < -0.39 is 23.8 Å². The van der Waals surface area contributed by atoms with Gasteiger partial charge in [0.15, 0.2) is 5.92 Å². The molecule has 2 heterocycles. The molecular formula is C17H15N3O5. The lowest BCUT2D eigenvalue weighted by atomic mass is 10.1. The Labute approximate surface area is 143 Å². The first-order chi connectivity index (χ1) is 12.1. The number of amides is 4. The van der Waals surface area contributed by atoms with Gasteiger partial charge >= 0.3 is 6.03 Å². The SMILES string of the molecule is COc1cccc(N2C(=O)NC(=O)[C@@H](C=NCc3ccco3)C2=O)c1. The summed E-state index contributed by atoms with van der Waals surface area (Å²) in [4.78, 5) is 41.7. The molecule has 3 rings (SSSR count). The van der Waals surface area contributed by atoms with Crippen molar-refractivity contribution < 1.29 is 23.5 Å². The maximum Gasteiger partial charge on any atom is 0.335 e. The van der Waals surface area contributed by atoms with Crippen molar-refractivity contribution in [2.24, 2.45) is 10.9 Å². The number of carbonyl (C=O) groups excluding carboxylic acids is 3. The summed E-state index contributed by atoms with van der Waals surface area (Å²) in [5.41, 5.74) is 0.304. The van der Waals surface area contributed by atoms with Crippen molar-refractivity contribution in [1.82, 2.24) is 5.32 Å². The van der Waals surface area contributed by atoms with E-state index in [0.717, 1.165) is 4.90 Å². The molecule has 1 aliphatic heterocycles. The highest BCUT2D eigenvalue weighted by Crippen LogP contribution is 2.24. The number of nitrogens with zero attached hydrogens (tertiary/aromatic N) is 2. The minimum absolute atomic E-state index is 0.192. The topological polar surface area (TPSA) is 101 Å². The molecule has 0 saturated carbocycles. The number of hydrogen-bond donors (Lipinski definition) is 1. The fraction of sp³-hybridized carbons (Fsp3) is 0.176. The third-order valence-electron chi connectivity index (χ3n) is 3.60. The van der Waals surface area contributed by atoms with E-state index in [9.17, 15) is 14.4 Å². The molecule has 1 aliphatic rings. The first-order valence-electron chi connectivity index (χ1n) is 7.45. The Hall–Kier alpha value is -3.42. The van der Waals surface area contributed by atoms with Crippen molar-refractivity contribution in [2.75, 3.05) is 12.0 Å². The van der Waals surface area contributed by atoms with Crippen LogP contribution in [0.15, 0.2) is 52.1 Å². The molecule has 0 unspecified atom stereocenters. The lowest BCUT2D eigenvalue weighted by Crippen LogP contribution is -2.58. The zero-order valence-corrected chi connectivity index (χ0v) is 13.3. The van der Waals surface area contributed by atoms with Gasteiger partial charge in [0.25, 0.3) is 5.91 Å². The van der Waals surface area contributed by atoms with Crippen molar-refractivity contribution in [3.05, 3.63) is 48.4 Å². The van der Waals surface area contributed by atoms with E-state index in [0.29, 0.717) is 17.2 Å². The van der Waals surface area contributed by atoms with Gasteiger partial charge in [-0.2, -0.15) is 0 Å². The summed E-state index contributed by atoms with van der Waals surface area (Å²) in [7, 11) is 1.48. The molecule has 1 fully saturated rings. The van der Waals surface area contributed by atoms with Crippen LogP contribution >= 0.6 is 0 Å². The second-order valence-electron chi connectivity index (χ2n) is 5.22. The molecule has 1 saturated heterocycles. The van der Waals surface area contributed by atoms with Crippen LogP contribution in [0.1, 0.15) is 5.76 Å². The number of aliphatic imine (C=N–C) groups is 1. The fourth-order valence-electron chi connectivity index (χ4n) is 2.37. The molecule has 4 amide bonds. The minimum atomic E-state index is -1.20. The molecule has 2 aromatic rings. The smallest absolute Gasteiger partial charge is 0.335 e.